The Morgan fingerprint density at radius 2 is 1.76 bits per heavy atom. The SMILES string of the molecule is CC(NC(=O)c1cccc(Br)c1Cl)c1c(F)cccc1F. The topological polar surface area (TPSA) is 29.1 Å². The van der Waals surface area contributed by atoms with Crippen LogP contribution in [0.25, 0.3) is 0 Å². The zero-order chi connectivity index (χ0) is 15.6. The van der Waals surface area contributed by atoms with Crippen molar-refractivity contribution in [1.82, 2.24) is 5.32 Å². The van der Waals surface area contributed by atoms with Gasteiger partial charge in [0.25, 0.3) is 5.91 Å². The molecule has 0 aliphatic heterocycles. The summed E-state index contributed by atoms with van der Waals surface area (Å²) in [6.07, 6.45) is 0. The van der Waals surface area contributed by atoms with Crippen LogP contribution in [0.4, 0.5) is 8.78 Å². The van der Waals surface area contributed by atoms with E-state index in [-0.39, 0.29) is 16.1 Å². The Bertz CT molecular complexity index is 673. The van der Waals surface area contributed by atoms with Crippen LogP contribution in [0.2, 0.25) is 5.02 Å². The van der Waals surface area contributed by atoms with E-state index in [1.807, 2.05) is 0 Å². The average Bonchev–Trinajstić information content (AvgIpc) is 2.41. The molecule has 0 aliphatic carbocycles. The number of benzene rings is 2. The molecule has 0 bridgehead atoms. The monoisotopic (exact) mass is 373 g/mol. The van der Waals surface area contributed by atoms with Gasteiger partial charge in [0, 0.05) is 10.0 Å². The van der Waals surface area contributed by atoms with Crippen molar-refractivity contribution >= 4 is 33.4 Å². The van der Waals surface area contributed by atoms with Crippen LogP contribution in [0, 0.1) is 11.6 Å². The normalized spacial score (nSPS) is 12.0. The molecular weight excluding hydrogens is 364 g/mol. The number of amides is 1. The van der Waals surface area contributed by atoms with Gasteiger partial charge in [-0.1, -0.05) is 23.7 Å². The van der Waals surface area contributed by atoms with Crippen LogP contribution in [-0.2, 0) is 0 Å². The Morgan fingerprint density at radius 3 is 2.38 bits per heavy atom. The van der Waals surface area contributed by atoms with Crippen molar-refractivity contribution in [2.24, 2.45) is 0 Å². The maximum absolute atomic E-state index is 13.7. The molecule has 110 valence electrons. The molecule has 1 unspecified atom stereocenters. The first kappa shape index (κ1) is 15.9. The van der Waals surface area contributed by atoms with Crippen LogP contribution >= 0.6 is 27.5 Å². The predicted molar refractivity (Wildman–Crippen MR) is 81.4 cm³/mol. The van der Waals surface area contributed by atoms with Gasteiger partial charge in [0.2, 0.25) is 0 Å². The minimum Gasteiger partial charge on any atom is -0.345 e. The van der Waals surface area contributed by atoms with Crippen molar-refractivity contribution in [3.63, 3.8) is 0 Å². The lowest BCUT2D eigenvalue weighted by molar-refractivity contribution is 0.0939. The molecular formula is C15H11BrClF2NO. The summed E-state index contributed by atoms with van der Waals surface area (Å²) >= 11 is 9.24. The molecule has 0 saturated heterocycles. The number of nitrogens with one attached hydrogen (secondary N) is 1. The van der Waals surface area contributed by atoms with Crippen molar-refractivity contribution in [2.75, 3.05) is 0 Å². The van der Waals surface area contributed by atoms with Crippen molar-refractivity contribution in [3.05, 3.63) is 68.7 Å². The van der Waals surface area contributed by atoms with E-state index in [1.165, 1.54) is 19.1 Å². The zero-order valence-corrected chi connectivity index (χ0v) is 13.3. The van der Waals surface area contributed by atoms with E-state index in [0.29, 0.717) is 4.47 Å². The molecule has 1 N–H and O–H groups in total. The van der Waals surface area contributed by atoms with Gasteiger partial charge in [-0.3, -0.25) is 4.79 Å². The quantitative estimate of drug-likeness (QED) is 0.816. The van der Waals surface area contributed by atoms with E-state index in [4.69, 9.17) is 11.6 Å². The fraction of sp³-hybridized carbons (Fsp3) is 0.133. The van der Waals surface area contributed by atoms with Gasteiger partial charge in [0.15, 0.2) is 0 Å². The number of carbonyl (C=O) groups is 1. The Kier molecular flexibility index (Phi) is 4.96. The maximum Gasteiger partial charge on any atom is 0.253 e. The fourth-order valence-corrected chi connectivity index (χ4v) is 2.53. The fourth-order valence-electron chi connectivity index (χ4n) is 1.95. The van der Waals surface area contributed by atoms with Crippen LogP contribution in [0.15, 0.2) is 40.9 Å². The van der Waals surface area contributed by atoms with E-state index in [0.717, 1.165) is 12.1 Å². The van der Waals surface area contributed by atoms with Gasteiger partial charge in [-0.15, -0.1) is 0 Å². The van der Waals surface area contributed by atoms with Gasteiger partial charge in [-0.25, -0.2) is 8.78 Å². The van der Waals surface area contributed by atoms with Gasteiger partial charge in [0.05, 0.1) is 16.6 Å². The maximum atomic E-state index is 13.7. The molecule has 2 aromatic carbocycles. The van der Waals surface area contributed by atoms with Crippen LogP contribution in [0.3, 0.4) is 0 Å². The molecule has 6 heteroatoms. The van der Waals surface area contributed by atoms with E-state index in [1.54, 1.807) is 12.1 Å². The Hall–Kier alpha value is -1.46. The number of carbonyl (C=O) groups excluding carboxylic acids is 1. The highest BCUT2D eigenvalue weighted by molar-refractivity contribution is 9.10. The predicted octanol–water partition coefficient (Wildman–Crippen LogP) is 4.87. The molecule has 0 spiro atoms. The molecule has 0 saturated carbocycles. The highest BCUT2D eigenvalue weighted by atomic mass is 79.9. The van der Waals surface area contributed by atoms with Crippen molar-refractivity contribution in [1.29, 1.82) is 0 Å². The highest BCUT2D eigenvalue weighted by Gasteiger charge is 2.20. The van der Waals surface area contributed by atoms with Gasteiger partial charge in [0.1, 0.15) is 11.6 Å². The van der Waals surface area contributed by atoms with Crippen LogP contribution in [0.5, 0.6) is 0 Å². The molecule has 0 fully saturated rings. The third-order valence-corrected chi connectivity index (χ3v) is 4.27. The molecule has 2 nitrogen and oxygen atoms in total. The first-order valence-electron chi connectivity index (χ1n) is 6.10. The second-order valence-electron chi connectivity index (χ2n) is 4.43. The average molecular weight is 375 g/mol. The van der Waals surface area contributed by atoms with E-state index in [9.17, 15) is 13.6 Å². The number of hydrogen-bond donors (Lipinski definition) is 1. The summed E-state index contributed by atoms with van der Waals surface area (Å²) in [6.45, 7) is 1.51. The molecule has 0 aliphatic rings. The van der Waals surface area contributed by atoms with Crippen LogP contribution < -0.4 is 5.32 Å². The third kappa shape index (κ3) is 3.41. The summed E-state index contributed by atoms with van der Waals surface area (Å²) in [7, 11) is 0. The molecule has 2 aromatic rings. The summed E-state index contributed by atoms with van der Waals surface area (Å²) in [5, 5.41) is 2.78. The molecule has 0 aromatic heterocycles. The summed E-state index contributed by atoms with van der Waals surface area (Å²) in [6, 6.07) is 7.62. The minimum absolute atomic E-state index is 0.183. The van der Waals surface area contributed by atoms with Crippen LogP contribution in [0.1, 0.15) is 28.9 Å². The summed E-state index contributed by atoms with van der Waals surface area (Å²) in [4.78, 5) is 12.2. The van der Waals surface area contributed by atoms with E-state index < -0.39 is 23.6 Å². The number of hydrogen-bond acceptors (Lipinski definition) is 1. The lowest BCUT2D eigenvalue weighted by Crippen LogP contribution is -2.28. The summed E-state index contributed by atoms with van der Waals surface area (Å²) < 4.78 is 27.9. The van der Waals surface area contributed by atoms with Gasteiger partial charge >= 0.3 is 0 Å². The smallest absolute Gasteiger partial charge is 0.253 e. The molecule has 0 radical (unpaired) electrons. The lowest BCUT2D eigenvalue weighted by atomic mass is 10.1. The first-order chi connectivity index (χ1) is 9.91. The molecule has 0 heterocycles. The second kappa shape index (κ2) is 6.54. The Labute approximate surface area is 134 Å². The Morgan fingerprint density at radius 1 is 1.19 bits per heavy atom. The summed E-state index contributed by atoms with van der Waals surface area (Å²) in [5.74, 6) is -1.91. The van der Waals surface area contributed by atoms with E-state index >= 15 is 0 Å². The summed E-state index contributed by atoms with van der Waals surface area (Å²) in [5.41, 5.74) is 0.0478. The third-order valence-electron chi connectivity index (χ3n) is 2.98. The molecule has 21 heavy (non-hydrogen) atoms. The Balaban J connectivity index is 2.25. The molecule has 1 amide bonds. The van der Waals surface area contributed by atoms with Crippen molar-refractivity contribution in [2.45, 2.75) is 13.0 Å². The standard InChI is InChI=1S/C15H11BrClF2NO/c1-8(13-11(18)6-3-7-12(13)19)20-15(21)9-4-2-5-10(16)14(9)17/h2-8H,1H3,(H,20,21). The van der Waals surface area contributed by atoms with Gasteiger partial charge < -0.3 is 5.32 Å². The van der Waals surface area contributed by atoms with Gasteiger partial charge in [-0.05, 0) is 47.1 Å². The zero-order valence-electron chi connectivity index (χ0n) is 11.0. The van der Waals surface area contributed by atoms with Crippen molar-refractivity contribution in [3.8, 4) is 0 Å². The largest absolute Gasteiger partial charge is 0.345 e. The van der Waals surface area contributed by atoms with Crippen molar-refractivity contribution < 1.29 is 13.6 Å². The second-order valence-corrected chi connectivity index (χ2v) is 5.66. The first-order valence-corrected chi connectivity index (χ1v) is 7.27. The van der Waals surface area contributed by atoms with Crippen LogP contribution in [-0.4, -0.2) is 5.91 Å². The van der Waals surface area contributed by atoms with Gasteiger partial charge in [-0.2, -0.15) is 0 Å². The molecule has 2 rings (SSSR count). The molecule has 1 atom stereocenters. The minimum atomic E-state index is -0.825. The number of halogens is 4. The highest BCUT2D eigenvalue weighted by Crippen LogP contribution is 2.27. The van der Waals surface area contributed by atoms with E-state index in [2.05, 4.69) is 21.2 Å². The lowest BCUT2D eigenvalue weighted by Gasteiger charge is -2.16. The number of rotatable bonds is 3.